The van der Waals surface area contributed by atoms with Crippen molar-refractivity contribution in [2.45, 2.75) is 27.3 Å². The molecule has 0 saturated heterocycles. The number of carbonyl (C=O) groups is 1. The van der Waals surface area contributed by atoms with Crippen LogP contribution in [0.1, 0.15) is 29.7 Å². The summed E-state index contributed by atoms with van der Waals surface area (Å²) in [6.45, 7) is 5.92. The molecule has 22 heavy (non-hydrogen) atoms. The van der Waals surface area contributed by atoms with Crippen LogP contribution in [0.5, 0.6) is 0 Å². The molecule has 7 nitrogen and oxygen atoms in total. The fraction of sp³-hybridized carbons (Fsp3) is 0.333. The summed E-state index contributed by atoms with van der Waals surface area (Å²) in [6, 6.07) is 1.35. The molecule has 0 aromatic carbocycles. The van der Waals surface area contributed by atoms with Crippen LogP contribution in [-0.2, 0) is 16.1 Å². The molecule has 1 N–H and O–H groups in total. The lowest BCUT2D eigenvalue weighted by atomic mass is 10.2. The second-order valence-corrected chi connectivity index (χ2v) is 4.70. The summed E-state index contributed by atoms with van der Waals surface area (Å²) in [5.41, 5.74) is 2.31. The van der Waals surface area contributed by atoms with Gasteiger partial charge in [0.2, 0.25) is 0 Å². The minimum atomic E-state index is -0.322. The molecule has 0 atom stereocenters. The summed E-state index contributed by atoms with van der Waals surface area (Å²) >= 11 is 0. The Hall–Kier alpha value is -2.70. The highest BCUT2D eigenvalue weighted by molar-refractivity contribution is 5.71. The average molecular weight is 302 g/mol. The average Bonchev–Trinajstić information content (AvgIpc) is 2.72. The van der Waals surface area contributed by atoms with Gasteiger partial charge in [-0.3, -0.25) is 14.3 Å². The molecule has 0 saturated carbocycles. The number of rotatable bonds is 5. The third-order valence-corrected chi connectivity index (χ3v) is 3.12. The second-order valence-electron chi connectivity index (χ2n) is 4.70. The molecular formula is C15H18N4O3. The highest BCUT2D eigenvalue weighted by Gasteiger charge is 2.12. The maximum absolute atomic E-state index is 11.6. The van der Waals surface area contributed by atoms with Crippen molar-refractivity contribution in [3.05, 3.63) is 45.4 Å². The Morgan fingerprint density at radius 2 is 2.18 bits per heavy atom. The van der Waals surface area contributed by atoms with E-state index in [9.17, 15) is 9.59 Å². The molecule has 0 spiro atoms. The number of hydrogen-bond donors (Lipinski definition) is 1. The zero-order valence-electron chi connectivity index (χ0n) is 12.8. The molecule has 0 aliphatic heterocycles. The van der Waals surface area contributed by atoms with Gasteiger partial charge in [-0.2, -0.15) is 5.10 Å². The largest absolute Gasteiger partial charge is 0.465 e. The van der Waals surface area contributed by atoms with E-state index in [4.69, 9.17) is 4.74 Å². The van der Waals surface area contributed by atoms with E-state index in [1.807, 2.05) is 19.9 Å². The molecule has 0 aliphatic carbocycles. The molecule has 116 valence electrons. The molecule has 2 aromatic heterocycles. The zero-order chi connectivity index (χ0) is 16.1. The molecule has 0 amide bonds. The number of aryl methyl sites for hydroxylation is 1. The Labute approximate surface area is 127 Å². The van der Waals surface area contributed by atoms with Crippen LogP contribution in [0, 0.1) is 13.8 Å². The smallest absolute Gasteiger partial charge is 0.327 e. The first-order chi connectivity index (χ1) is 10.5. The maximum Gasteiger partial charge on any atom is 0.327 e. The van der Waals surface area contributed by atoms with E-state index in [-0.39, 0.29) is 18.1 Å². The fourth-order valence-electron chi connectivity index (χ4n) is 2.07. The van der Waals surface area contributed by atoms with Gasteiger partial charge in [0.05, 0.1) is 12.3 Å². The van der Waals surface area contributed by atoms with Gasteiger partial charge in [-0.25, -0.2) is 4.98 Å². The van der Waals surface area contributed by atoms with Crippen LogP contribution in [-0.4, -0.2) is 32.3 Å². The normalized spacial score (nSPS) is 11.0. The summed E-state index contributed by atoms with van der Waals surface area (Å²) in [7, 11) is 0. The van der Waals surface area contributed by atoms with Crippen LogP contribution >= 0.6 is 0 Å². The van der Waals surface area contributed by atoms with Crippen molar-refractivity contribution in [3.8, 4) is 0 Å². The number of aromatic nitrogens is 4. The Morgan fingerprint density at radius 1 is 1.41 bits per heavy atom. The van der Waals surface area contributed by atoms with Gasteiger partial charge in [0.1, 0.15) is 12.4 Å². The minimum Gasteiger partial charge on any atom is -0.465 e. The predicted molar refractivity (Wildman–Crippen MR) is 82.1 cm³/mol. The number of ether oxygens (including phenoxy) is 1. The van der Waals surface area contributed by atoms with Gasteiger partial charge in [0.15, 0.2) is 0 Å². The van der Waals surface area contributed by atoms with Crippen molar-refractivity contribution >= 4 is 18.1 Å². The van der Waals surface area contributed by atoms with E-state index in [0.717, 1.165) is 17.0 Å². The van der Waals surface area contributed by atoms with E-state index in [0.29, 0.717) is 12.4 Å². The Balaban J connectivity index is 2.23. The molecule has 0 bridgehead atoms. The summed E-state index contributed by atoms with van der Waals surface area (Å²) in [5, 5.41) is 4.33. The minimum absolute atomic E-state index is 0.0781. The third kappa shape index (κ3) is 3.69. The quantitative estimate of drug-likeness (QED) is 0.841. The van der Waals surface area contributed by atoms with Gasteiger partial charge in [-0.15, -0.1) is 0 Å². The lowest BCUT2D eigenvalue weighted by molar-refractivity contribution is -0.144. The summed E-state index contributed by atoms with van der Waals surface area (Å²) < 4.78 is 6.53. The Bertz CT molecular complexity index is 758. The van der Waals surface area contributed by atoms with Crippen LogP contribution in [0.3, 0.4) is 0 Å². The monoisotopic (exact) mass is 302 g/mol. The molecule has 2 heterocycles. The van der Waals surface area contributed by atoms with Crippen molar-refractivity contribution in [2.75, 3.05) is 6.61 Å². The molecule has 0 radical (unpaired) electrons. The molecule has 2 rings (SSSR count). The highest BCUT2D eigenvalue weighted by atomic mass is 16.5. The molecule has 0 unspecified atom stereocenters. The van der Waals surface area contributed by atoms with Crippen LogP contribution < -0.4 is 5.56 Å². The van der Waals surface area contributed by atoms with Crippen LogP contribution in [0.15, 0.2) is 17.1 Å². The Kier molecular flexibility index (Phi) is 4.88. The van der Waals surface area contributed by atoms with Crippen molar-refractivity contribution in [1.29, 1.82) is 0 Å². The first kappa shape index (κ1) is 15.7. The van der Waals surface area contributed by atoms with E-state index < -0.39 is 0 Å². The van der Waals surface area contributed by atoms with Crippen molar-refractivity contribution < 1.29 is 9.53 Å². The summed E-state index contributed by atoms with van der Waals surface area (Å²) in [5.74, 6) is 0.141. The first-order valence-corrected chi connectivity index (χ1v) is 6.94. The maximum atomic E-state index is 11.6. The lowest BCUT2D eigenvalue weighted by Gasteiger charge is -2.04. The van der Waals surface area contributed by atoms with Crippen LogP contribution in [0.2, 0.25) is 0 Å². The van der Waals surface area contributed by atoms with Gasteiger partial charge >= 0.3 is 5.97 Å². The molecular weight excluding hydrogens is 284 g/mol. The molecule has 0 fully saturated rings. The number of esters is 1. The molecule has 0 aliphatic rings. The first-order valence-electron chi connectivity index (χ1n) is 6.94. The standard InChI is InChI=1S/C15H18N4O3/c1-4-22-15(21)9-19-11(3)12(10(2)18-19)5-6-13-16-8-7-14(20)17-13/h5-8H,4,9H2,1-3H3,(H,16,17,20)/b6-5+. The van der Waals surface area contributed by atoms with Gasteiger partial charge in [0.25, 0.3) is 5.56 Å². The van der Waals surface area contributed by atoms with Gasteiger partial charge in [-0.1, -0.05) is 0 Å². The number of carbonyl (C=O) groups excluding carboxylic acids is 1. The van der Waals surface area contributed by atoms with E-state index in [1.54, 1.807) is 17.7 Å². The number of nitrogens with one attached hydrogen (secondary N) is 1. The number of hydrogen-bond acceptors (Lipinski definition) is 5. The third-order valence-electron chi connectivity index (χ3n) is 3.12. The number of aromatic amines is 1. The highest BCUT2D eigenvalue weighted by Crippen LogP contribution is 2.16. The predicted octanol–water partition coefficient (Wildman–Crippen LogP) is 1.32. The van der Waals surface area contributed by atoms with Gasteiger partial charge in [-0.05, 0) is 32.9 Å². The summed E-state index contributed by atoms with van der Waals surface area (Å²) in [6.07, 6.45) is 4.97. The van der Waals surface area contributed by atoms with Crippen molar-refractivity contribution in [1.82, 2.24) is 19.7 Å². The number of H-pyrrole nitrogens is 1. The second kappa shape index (κ2) is 6.84. The Morgan fingerprint density at radius 3 is 2.86 bits per heavy atom. The van der Waals surface area contributed by atoms with Gasteiger partial charge in [0, 0.05) is 23.5 Å². The number of nitrogens with zero attached hydrogens (tertiary/aromatic N) is 3. The molecule has 7 heteroatoms. The van der Waals surface area contributed by atoms with Crippen LogP contribution in [0.25, 0.3) is 12.2 Å². The van der Waals surface area contributed by atoms with E-state index in [1.165, 1.54) is 12.3 Å². The summed E-state index contributed by atoms with van der Waals surface area (Å²) in [4.78, 5) is 29.4. The van der Waals surface area contributed by atoms with E-state index >= 15 is 0 Å². The van der Waals surface area contributed by atoms with Crippen LogP contribution in [0.4, 0.5) is 0 Å². The van der Waals surface area contributed by atoms with Gasteiger partial charge < -0.3 is 9.72 Å². The SMILES string of the molecule is CCOC(=O)Cn1nc(C)c(/C=C/c2nccc(=O)[nH]2)c1C. The fourth-order valence-corrected chi connectivity index (χ4v) is 2.07. The topological polar surface area (TPSA) is 89.9 Å². The molecule has 2 aromatic rings. The zero-order valence-corrected chi connectivity index (χ0v) is 12.8. The van der Waals surface area contributed by atoms with E-state index in [2.05, 4.69) is 15.1 Å². The van der Waals surface area contributed by atoms with Crippen molar-refractivity contribution in [3.63, 3.8) is 0 Å². The van der Waals surface area contributed by atoms with Crippen molar-refractivity contribution in [2.24, 2.45) is 0 Å². The lowest BCUT2D eigenvalue weighted by Crippen LogP contribution is -2.15.